The van der Waals surface area contributed by atoms with Crippen LogP contribution in [-0.2, 0) is 4.79 Å². The van der Waals surface area contributed by atoms with Gasteiger partial charge in [0.2, 0.25) is 0 Å². The Morgan fingerprint density at radius 2 is 2.11 bits per heavy atom. The highest BCUT2D eigenvalue weighted by atomic mass is 32.2. The number of hydrogen-bond acceptors (Lipinski definition) is 4. The lowest BCUT2D eigenvalue weighted by atomic mass is 9.89. The molecule has 3 fully saturated rings. The van der Waals surface area contributed by atoms with Gasteiger partial charge in [-0.05, 0) is 32.2 Å². The molecule has 1 aliphatic carbocycles. The molecule has 3 aliphatic heterocycles. The SMILES string of the molecule is O=C1N=C2SC3CCCCC3N2C2NCCCC12. The monoisotopic (exact) mass is 265 g/mol. The third kappa shape index (κ3) is 1.56. The summed E-state index contributed by atoms with van der Waals surface area (Å²) >= 11 is 1.85. The lowest BCUT2D eigenvalue weighted by Gasteiger charge is -2.44. The normalized spacial score (nSPS) is 43.0. The Hall–Kier alpha value is -0.550. The average molecular weight is 265 g/mol. The van der Waals surface area contributed by atoms with Crippen LogP contribution in [0.5, 0.6) is 0 Å². The molecular formula is C13H19N3OS. The second-order valence-electron chi connectivity index (χ2n) is 5.80. The summed E-state index contributed by atoms with van der Waals surface area (Å²) in [6.07, 6.45) is 7.58. The highest BCUT2D eigenvalue weighted by Crippen LogP contribution is 2.44. The Morgan fingerprint density at radius 1 is 1.22 bits per heavy atom. The molecule has 4 aliphatic rings. The number of aliphatic imine (C=N–C) groups is 1. The number of carbonyl (C=O) groups is 1. The smallest absolute Gasteiger partial charge is 0.254 e. The number of amidine groups is 1. The minimum Gasteiger partial charge on any atom is -0.331 e. The minimum atomic E-state index is 0.101. The summed E-state index contributed by atoms with van der Waals surface area (Å²) in [6, 6.07) is 0.619. The van der Waals surface area contributed by atoms with Crippen LogP contribution in [0.3, 0.4) is 0 Å². The standard InChI is InChI=1S/C13H19N3OS/c17-12-8-4-3-7-14-11(8)16-9-5-1-2-6-10(9)18-13(16)15-12/h8-11,14H,1-7H2. The van der Waals surface area contributed by atoms with Gasteiger partial charge in [-0.3, -0.25) is 10.1 Å². The van der Waals surface area contributed by atoms with Crippen LogP contribution in [0.1, 0.15) is 38.5 Å². The zero-order valence-corrected chi connectivity index (χ0v) is 11.3. The third-order valence-electron chi connectivity index (χ3n) is 4.75. The van der Waals surface area contributed by atoms with Crippen molar-refractivity contribution in [2.75, 3.05) is 6.54 Å². The van der Waals surface area contributed by atoms with E-state index in [-0.39, 0.29) is 18.0 Å². The van der Waals surface area contributed by atoms with Gasteiger partial charge >= 0.3 is 0 Å². The Labute approximate surface area is 112 Å². The van der Waals surface area contributed by atoms with E-state index in [1.54, 1.807) is 0 Å². The van der Waals surface area contributed by atoms with Crippen LogP contribution in [-0.4, -0.2) is 40.0 Å². The van der Waals surface area contributed by atoms with Gasteiger partial charge in [0, 0.05) is 11.3 Å². The number of rotatable bonds is 0. The fraction of sp³-hybridized carbons (Fsp3) is 0.846. The van der Waals surface area contributed by atoms with Crippen molar-refractivity contribution in [3.63, 3.8) is 0 Å². The second kappa shape index (κ2) is 4.23. The summed E-state index contributed by atoms with van der Waals surface area (Å²) in [4.78, 5) is 18.9. The van der Waals surface area contributed by atoms with Crippen molar-refractivity contribution in [1.82, 2.24) is 10.2 Å². The molecule has 0 radical (unpaired) electrons. The van der Waals surface area contributed by atoms with Crippen molar-refractivity contribution < 1.29 is 4.79 Å². The van der Waals surface area contributed by atoms with Crippen molar-refractivity contribution in [2.24, 2.45) is 10.9 Å². The molecule has 1 saturated carbocycles. The molecule has 0 aromatic rings. The molecule has 4 unspecified atom stereocenters. The molecule has 1 N–H and O–H groups in total. The highest BCUT2D eigenvalue weighted by molar-refractivity contribution is 8.14. The number of fused-ring (bicyclic) bond motifs is 5. The van der Waals surface area contributed by atoms with Gasteiger partial charge in [-0.2, -0.15) is 4.99 Å². The summed E-state index contributed by atoms with van der Waals surface area (Å²) in [5.74, 6) is 0.216. The maximum Gasteiger partial charge on any atom is 0.254 e. The molecule has 2 saturated heterocycles. The molecule has 0 aromatic heterocycles. The van der Waals surface area contributed by atoms with Crippen molar-refractivity contribution in [3.05, 3.63) is 0 Å². The van der Waals surface area contributed by atoms with E-state index in [4.69, 9.17) is 0 Å². The number of nitrogens with zero attached hydrogens (tertiary/aromatic N) is 2. The third-order valence-corrected chi connectivity index (χ3v) is 6.12. The Morgan fingerprint density at radius 3 is 3.06 bits per heavy atom. The van der Waals surface area contributed by atoms with Crippen molar-refractivity contribution in [3.8, 4) is 0 Å². The quantitative estimate of drug-likeness (QED) is 0.722. The van der Waals surface area contributed by atoms with E-state index in [1.807, 2.05) is 11.8 Å². The van der Waals surface area contributed by atoms with E-state index in [0.717, 1.165) is 24.6 Å². The summed E-state index contributed by atoms with van der Waals surface area (Å²) < 4.78 is 0. The summed E-state index contributed by atoms with van der Waals surface area (Å²) in [5.41, 5.74) is 0. The van der Waals surface area contributed by atoms with Crippen molar-refractivity contribution in [1.29, 1.82) is 0 Å². The molecule has 98 valence electrons. The first-order valence-electron chi connectivity index (χ1n) is 7.15. The first kappa shape index (κ1) is 11.3. The number of amides is 1. The van der Waals surface area contributed by atoms with Gasteiger partial charge in [-0.15, -0.1) is 0 Å². The summed E-state index contributed by atoms with van der Waals surface area (Å²) in [7, 11) is 0. The van der Waals surface area contributed by atoms with Crippen molar-refractivity contribution in [2.45, 2.75) is 56.0 Å². The molecule has 3 heterocycles. The maximum absolute atomic E-state index is 12.1. The molecule has 0 bridgehead atoms. The largest absolute Gasteiger partial charge is 0.331 e. The van der Waals surface area contributed by atoms with E-state index < -0.39 is 0 Å². The molecule has 0 aromatic carbocycles. The van der Waals surface area contributed by atoms with Gasteiger partial charge in [0.25, 0.3) is 5.91 Å². The summed E-state index contributed by atoms with van der Waals surface area (Å²) in [5, 5.41) is 5.25. The van der Waals surface area contributed by atoms with Crippen LogP contribution in [0.25, 0.3) is 0 Å². The summed E-state index contributed by atoms with van der Waals surface area (Å²) in [6.45, 7) is 1.04. The van der Waals surface area contributed by atoms with Gasteiger partial charge in [0.1, 0.15) is 0 Å². The van der Waals surface area contributed by atoms with Gasteiger partial charge in [0.05, 0.1) is 12.1 Å². The zero-order chi connectivity index (χ0) is 12.1. The first-order chi connectivity index (χ1) is 8.84. The van der Waals surface area contributed by atoms with Crippen LogP contribution in [0.15, 0.2) is 4.99 Å². The predicted octanol–water partition coefficient (Wildman–Crippen LogP) is 1.57. The highest BCUT2D eigenvalue weighted by Gasteiger charge is 2.50. The molecule has 5 heteroatoms. The van der Waals surface area contributed by atoms with Gasteiger partial charge in [-0.1, -0.05) is 24.6 Å². The molecule has 18 heavy (non-hydrogen) atoms. The maximum atomic E-state index is 12.1. The molecular weight excluding hydrogens is 246 g/mol. The van der Waals surface area contributed by atoms with Crippen LogP contribution >= 0.6 is 11.8 Å². The van der Waals surface area contributed by atoms with Crippen molar-refractivity contribution >= 4 is 22.8 Å². The molecule has 0 spiro atoms. The van der Waals surface area contributed by atoms with Gasteiger partial charge in [-0.25, -0.2) is 0 Å². The lowest BCUT2D eigenvalue weighted by Crippen LogP contribution is -2.61. The van der Waals surface area contributed by atoms with E-state index in [1.165, 1.54) is 25.7 Å². The number of nitrogens with one attached hydrogen (secondary N) is 1. The Kier molecular flexibility index (Phi) is 2.66. The number of piperidine rings is 1. The Balaban J connectivity index is 1.70. The lowest BCUT2D eigenvalue weighted by molar-refractivity contribution is -0.126. The van der Waals surface area contributed by atoms with E-state index >= 15 is 0 Å². The number of carbonyl (C=O) groups excluding carboxylic acids is 1. The molecule has 4 atom stereocenters. The second-order valence-corrected chi connectivity index (χ2v) is 7.00. The van der Waals surface area contributed by atoms with Crippen LogP contribution in [0.4, 0.5) is 0 Å². The fourth-order valence-electron chi connectivity index (χ4n) is 3.88. The van der Waals surface area contributed by atoms with E-state index in [2.05, 4.69) is 15.2 Å². The first-order valence-corrected chi connectivity index (χ1v) is 8.03. The molecule has 4 nitrogen and oxygen atoms in total. The van der Waals surface area contributed by atoms with Crippen LogP contribution in [0, 0.1) is 5.92 Å². The van der Waals surface area contributed by atoms with Gasteiger partial charge in [0.15, 0.2) is 5.17 Å². The number of hydrogen-bond donors (Lipinski definition) is 1. The molecule has 1 amide bonds. The van der Waals surface area contributed by atoms with Crippen LogP contribution in [0.2, 0.25) is 0 Å². The zero-order valence-electron chi connectivity index (χ0n) is 10.5. The van der Waals surface area contributed by atoms with E-state index in [0.29, 0.717) is 11.3 Å². The van der Waals surface area contributed by atoms with Gasteiger partial charge < -0.3 is 4.90 Å². The topological polar surface area (TPSA) is 44.7 Å². The van der Waals surface area contributed by atoms with Crippen LogP contribution < -0.4 is 5.32 Å². The minimum absolute atomic E-state index is 0.101. The fourth-order valence-corrected chi connectivity index (χ4v) is 5.37. The molecule has 4 rings (SSSR count). The van der Waals surface area contributed by atoms with E-state index in [9.17, 15) is 4.79 Å². The Bertz CT molecular complexity index is 411. The average Bonchev–Trinajstić information content (AvgIpc) is 2.77. The predicted molar refractivity (Wildman–Crippen MR) is 72.4 cm³/mol. The number of thioether (sulfide) groups is 1.